The summed E-state index contributed by atoms with van der Waals surface area (Å²) in [5.74, 6) is 3.47. The van der Waals surface area contributed by atoms with Gasteiger partial charge in [-0.15, -0.1) is 0 Å². The molecule has 2 aromatic rings. The molecule has 3 rings (SSSR count). The van der Waals surface area contributed by atoms with E-state index in [1.807, 2.05) is 48.5 Å². The first-order valence-electron chi connectivity index (χ1n) is 10.5. The molecule has 7 nitrogen and oxygen atoms in total. The predicted molar refractivity (Wildman–Crippen MR) is 128 cm³/mol. The molecule has 0 radical (unpaired) electrons. The zero-order valence-electron chi connectivity index (χ0n) is 18.5. The van der Waals surface area contributed by atoms with E-state index in [0.717, 1.165) is 48.2 Å². The Hall–Kier alpha value is -2.74. The molecule has 2 atom stereocenters. The van der Waals surface area contributed by atoms with Crippen molar-refractivity contribution in [2.24, 2.45) is 4.99 Å². The molecule has 8 heteroatoms. The highest BCUT2D eigenvalue weighted by molar-refractivity contribution is 7.84. The normalized spacial score (nSPS) is 17.3. The molecule has 1 aliphatic heterocycles. The van der Waals surface area contributed by atoms with Gasteiger partial charge in [-0.05, 0) is 12.0 Å². The molecule has 1 saturated heterocycles. The summed E-state index contributed by atoms with van der Waals surface area (Å²) in [6, 6.07) is 16.1. The molecule has 0 bridgehead atoms. The average Bonchev–Trinajstić information content (AvgIpc) is 3.27. The number of aliphatic imine (C=N–C) groups is 1. The van der Waals surface area contributed by atoms with E-state index in [2.05, 4.69) is 20.5 Å². The third-order valence-electron chi connectivity index (χ3n) is 5.25. The van der Waals surface area contributed by atoms with E-state index in [4.69, 9.17) is 9.47 Å². The number of methoxy groups -OCH3 is 2. The molecule has 0 saturated carbocycles. The van der Waals surface area contributed by atoms with Gasteiger partial charge in [-0.1, -0.05) is 30.3 Å². The summed E-state index contributed by atoms with van der Waals surface area (Å²) in [6.07, 6.45) is 1.00. The van der Waals surface area contributed by atoms with Crippen LogP contribution in [0.5, 0.6) is 11.5 Å². The van der Waals surface area contributed by atoms with Crippen LogP contribution in [0.3, 0.4) is 0 Å². The first-order valence-corrected chi connectivity index (χ1v) is 11.9. The number of ether oxygens (including phenoxy) is 2. The van der Waals surface area contributed by atoms with E-state index in [9.17, 15) is 4.21 Å². The molecule has 2 aromatic carbocycles. The van der Waals surface area contributed by atoms with E-state index in [1.54, 1.807) is 21.3 Å². The molecule has 168 valence electrons. The molecule has 0 aromatic heterocycles. The zero-order valence-corrected chi connectivity index (χ0v) is 19.3. The third-order valence-corrected chi connectivity index (χ3v) is 6.56. The van der Waals surface area contributed by atoms with Crippen molar-refractivity contribution in [2.45, 2.75) is 18.2 Å². The lowest BCUT2D eigenvalue weighted by Gasteiger charge is -2.21. The van der Waals surface area contributed by atoms with Gasteiger partial charge in [0, 0.05) is 78.9 Å². The summed E-state index contributed by atoms with van der Waals surface area (Å²) in [5, 5.41) is 6.77. The van der Waals surface area contributed by atoms with Gasteiger partial charge in [0.25, 0.3) is 0 Å². The van der Waals surface area contributed by atoms with E-state index in [0.29, 0.717) is 18.1 Å². The number of nitrogens with zero attached hydrogens (tertiary/aromatic N) is 2. The number of hydrogen-bond donors (Lipinski definition) is 2. The van der Waals surface area contributed by atoms with Crippen molar-refractivity contribution in [1.82, 2.24) is 10.6 Å². The maximum absolute atomic E-state index is 12.3. The molecular weight excluding hydrogens is 412 g/mol. The van der Waals surface area contributed by atoms with Crippen LogP contribution in [0.4, 0.5) is 5.69 Å². The molecule has 0 aliphatic carbocycles. The molecule has 0 amide bonds. The number of benzene rings is 2. The zero-order chi connectivity index (χ0) is 22.1. The number of nitrogens with one attached hydrogen (secondary N) is 2. The Labute approximate surface area is 187 Å². The minimum Gasteiger partial charge on any atom is -0.497 e. The molecule has 0 spiro atoms. The van der Waals surface area contributed by atoms with Gasteiger partial charge in [0.15, 0.2) is 5.96 Å². The van der Waals surface area contributed by atoms with Crippen LogP contribution in [0.15, 0.2) is 53.5 Å². The van der Waals surface area contributed by atoms with Crippen molar-refractivity contribution in [3.05, 3.63) is 54.1 Å². The number of guanidine groups is 1. The molecule has 1 heterocycles. The molecule has 1 fully saturated rings. The highest BCUT2D eigenvalue weighted by Crippen LogP contribution is 2.30. The summed E-state index contributed by atoms with van der Waals surface area (Å²) in [4.78, 5) is 6.63. The second kappa shape index (κ2) is 11.6. The van der Waals surface area contributed by atoms with Gasteiger partial charge >= 0.3 is 0 Å². The molecule has 31 heavy (non-hydrogen) atoms. The quantitative estimate of drug-likeness (QED) is 0.457. The Morgan fingerprint density at radius 2 is 1.87 bits per heavy atom. The molecule has 2 unspecified atom stereocenters. The van der Waals surface area contributed by atoms with E-state index in [-0.39, 0.29) is 6.04 Å². The maximum Gasteiger partial charge on any atom is 0.191 e. The smallest absolute Gasteiger partial charge is 0.191 e. The largest absolute Gasteiger partial charge is 0.497 e. The predicted octanol–water partition coefficient (Wildman–Crippen LogP) is 2.40. The fraction of sp³-hybridized carbons (Fsp3) is 0.435. The SMILES string of the molecule is CN=C(NCCS(=O)Cc1ccccc1)NC1CCN(c2cc(OC)cc(OC)c2)C1. The molecular formula is C23H32N4O3S. The van der Waals surface area contributed by atoms with Crippen LogP contribution < -0.4 is 25.0 Å². The van der Waals surface area contributed by atoms with Crippen LogP contribution in [0, 0.1) is 0 Å². The van der Waals surface area contributed by atoms with Gasteiger partial charge in [0.05, 0.1) is 14.2 Å². The number of rotatable bonds is 9. The van der Waals surface area contributed by atoms with Crippen molar-refractivity contribution < 1.29 is 13.7 Å². The monoisotopic (exact) mass is 444 g/mol. The van der Waals surface area contributed by atoms with Gasteiger partial charge in [0.1, 0.15) is 11.5 Å². The van der Waals surface area contributed by atoms with Crippen LogP contribution in [-0.2, 0) is 16.6 Å². The van der Waals surface area contributed by atoms with Gasteiger partial charge < -0.3 is 25.0 Å². The van der Waals surface area contributed by atoms with E-state index < -0.39 is 10.8 Å². The van der Waals surface area contributed by atoms with Crippen LogP contribution in [-0.4, -0.2) is 62.9 Å². The highest BCUT2D eigenvalue weighted by atomic mass is 32.2. The van der Waals surface area contributed by atoms with Crippen LogP contribution in [0.25, 0.3) is 0 Å². The Kier molecular flexibility index (Phi) is 8.58. The minimum atomic E-state index is -0.908. The van der Waals surface area contributed by atoms with E-state index in [1.165, 1.54) is 0 Å². The summed E-state index contributed by atoms with van der Waals surface area (Å²) >= 11 is 0. The van der Waals surface area contributed by atoms with Gasteiger partial charge in [0.2, 0.25) is 0 Å². The lowest BCUT2D eigenvalue weighted by molar-refractivity contribution is 0.394. The topological polar surface area (TPSA) is 75.2 Å². The number of hydrogen-bond acceptors (Lipinski definition) is 5. The third kappa shape index (κ3) is 6.89. The van der Waals surface area contributed by atoms with Gasteiger partial charge in [-0.3, -0.25) is 9.20 Å². The van der Waals surface area contributed by atoms with Gasteiger partial charge in [-0.25, -0.2) is 0 Å². The lowest BCUT2D eigenvalue weighted by atomic mass is 10.2. The van der Waals surface area contributed by atoms with Crippen molar-refractivity contribution >= 4 is 22.4 Å². The standard InChI is InChI=1S/C23H32N4O3S/c1-24-23(25-10-12-31(28)17-18-7-5-4-6-8-18)26-19-9-11-27(16-19)20-13-21(29-2)15-22(14-20)30-3/h4-8,13-15,19H,9-12,16-17H2,1-3H3,(H2,24,25,26). The minimum absolute atomic E-state index is 0.276. The van der Waals surface area contributed by atoms with E-state index >= 15 is 0 Å². The highest BCUT2D eigenvalue weighted by Gasteiger charge is 2.24. The first-order chi connectivity index (χ1) is 15.1. The Morgan fingerprint density at radius 3 is 2.52 bits per heavy atom. The fourth-order valence-corrected chi connectivity index (χ4v) is 4.63. The maximum atomic E-state index is 12.3. The second-order valence-corrected chi connectivity index (χ2v) is 9.00. The Morgan fingerprint density at radius 1 is 1.16 bits per heavy atom. The summed E-state index contributed by atoms with van der Waals surface area (Å²) in [6.45, 7) is 2.41. The van der Waals surface area contributed by atoms with Crippen LogP contribution >= 0.6 is 0 Å². The van der Waals surface area contributed by atoms with Crippen molar-refractivity contribution in [3.63, 3.8) is 0 Å². The fourth-order valence-electron chi connectivity index (χ4n) is 3.59. The second-order valence-electron chi connectivity index (χ2n) is 7.42. The molecule has 2 N–H and O–H groups in total. The summed E-state index contributed by atoms with van der Waals surface area (Å²) in [5.41, 5.74) is 2.18. The molecule has 1 aliphatic rings. The van der Waals surface area contributed by atoms with Gasteiger partial charge in [-0.2, -0.15) is 0 Å². The van der Waals surface area contributed by atoms with Crippen LogP contribution in [0.2, 0.25) is 0 Å². The Bertz CT molecular complexity index is 869. The van der Waals surface area contributed by atoms with Crippen LogP contribution in [0.1, 0.15) is 12.0 Å². The van der Waals surface area contributed by atoms with Crippen molar-refractivity contribution in [2.75, 3.05) is 51.6 Å². The van der Waals surface area contributed by atoms with Crippen molar-refractivity contribution in [3.8, 4) is 11.5 Å². The number of anilines is 1. The Balaban J connectivity index is 1.45. The summed E-state index contributed by atoms with van der Waals surface area (Å²) < 4.78 is 23.1. The van der Waals surface area contributed by atoms with Crippen molar-refractivity contribution in [1.29, 1.82) is 0 Å². The first kappa shape index (κ1) is 22.9. The summed E-state index contributed by atoms with van der Waals surface area (Å²) in [7, 11) is 4.18. The lowest BCUT2D eigenvalue weighted by Crippen LogP contribution is -2.45. The average molecular weight is 445 g/mol.